The largest absolute Gasteiger partial charge is 3.00 e. The first-order valence-corrected chi connectivity index (χ1v) is 2.45. The summed E-state index contributed by atoms with van der Waals surface area (Å²) in [4.78, 5) is 0. The molecule has 0 aliphatic heterocycles. The molecule has 0 aliphatic rings. The summed E-state index contributed by atoms with van der Waals surface area (Å²) in [6, 6.07) is 0. The first-order chi connectivity index (χ1) is 4.24. The molecule has 4 nitrogen and oxygen atoms in total. The van der Waals surface area contributed by atoms with Crippen LogP contribution in [-0.4, -0.2) is 35.1 Å². The molecule has 6 N–H and O–H groups in total. The van der Waals surface area contributed by atoms with Crippen LogP contribution in [0.25, 0.3) is 0 Å². The molecule has 0 aromatic rings. The summed E-state index contributed by atoms with van der Waals surface area (Å²) in [6.07, 6.45) is 0. The number of aliphatic hydroxyl groups is 3. The number of rotatable bonds is 0. The number of hydrogen-bond donors (Lipinski definition) is 4. The van der Waals surface area contributed by atoms with Crippen LogP contribution in [-0.2, 0) is 17.1 Å². The van der Waals surface area contributed by atoms with Crippen molar-refractivity contribution in [3.8, 4) is 0 Å². The Labute approximate surface area is 79.7 Å². The third-order valence-corrected chi connectivity index (χ3v) is 0. The molecule has 0 rings (SSSR count). The molecule has 0 bridgehead atoms. The summed E-state index contributed by atoms with van der Waals surface area (Å²) >= 11 is 0. The Hall–Kier alpha value is 0.359. The van der Waals surface area contributed by atoms with Gasteiger partial charge in [0.1, 0.15) is 0 Å². The predicted molar refractivity (Wildman–Crippen MR) is 42.4 cm³/mol. The van der Waals surface area contributed by atoms with Crippen LogP contribution < -0.4 is 6.15 Å². The van der Waals surface area contributed by atoms with Crippen molar-refractivity contribution in [3.63, 3.8) is 0 Å². The quantitative estimate of drug-likeness (QED) is 0.321. The third kappa shape index (κ3) is 5600. The van der Waals surface area contributed by atoms with Crippen LogP contribution in [0.4, 0.5) is 0 Å². The second kappa shape index (κ2) is 80.4. The minimum absolute atomic E-state index is 0. The van der Waals surface area contributed by atoms with Crippen molar-refractivity contribution in [1.82, 2.24) is 6.15 Å². The van der Waals surface area contributed by atoms with Gasteiger partial charge in [0.25, 0.3) is 0 Å². The summed E-state index contributed by atoms with van der Waals surface area (Å²) in [6.45, 7) is 9.12. The van der Waals surface area contributed by atoms with Crippen LogP contribution in [0.5, 0.6) is 0 Å². The molecule has 73 valence electrons. The topological polar surface area (TPSA) is 95.7 Å². The Morgan fingerprint density at radius 3 is 0.727 bits per heavy atom. The summed E-state index contributed by atoms with van der Waals surface area (Å²) in [7, 11) is 0. The van der Waals surface area contributed by atoms with E-state index in [9.17, 15) is 0 Å². The molecule has 0 fully saturated rings. The Morgan fingerprint density at radius 1 is 0.727 bits per heavy atom. The van der Waals surface area contributed by atoms with Crippen LogP contribution in [0.3, 0.4) is 0 Å². The van der Waals surface area contributed by atoms with Crippen LogP contribution in [0, 0.1) is 20.8 Å². The molecular weight excluding hydrogens is 190 g/mol. The fourth-order valence-electron chi connectivity index (χ4n) is 0. The van der Waals surface area contributed by atoms with Crippen molar-refractivity contribution >= 4 is 0 Å². The monoisotopic (exact) mass is 208 g/mol. The van der Waals surface area contributed by atoms with E-state index in [0.29, 0.717) is 0 Å². The van der Waals surface area contributed by atoms with Gasteiger partial charge < -0.3 is 42.2 Å². The van der Waals surface area contributed by atoms with E-state index >= 15 is 0 Å². The molecule has 0 saturated carbocycles. The van der Waals surface area contributed by atoms with Crippen molar-refractivity contribution in [2.75, 3.05) is 19.8 Å². The fraction of sp³-hybridized carbons (Fsp3) is 0.500. The second-order valence-electron chi connectivity index (χ2n) is 0.671. The molecule has 1 radical (unpaired) electrons. The maximum absolute atomic E-state index is 7.46. The molecule has 0 saturated heterocycles. The second-order valence-corrected chi connectivity index (χ2v) is 0.671. The average Bonchev–Trinajstić information content (AvgIpc) is 1.70. The van der Waals surface area contributed by atoms with E-state index in [0.717, 1.165) is 0 Å². The van der Waals surface area contributed by atoms with Crippen LogP contribution in [0.15, 0.2) is 0 Å². The predicted octanol–water partition coefficient (Wildman–Crippen LogP) is -0.402. The normalized spacial score (nSPS) is 4.91. The van der Waals surface area contributed by atoms with Gasteiger partial charge in [-0.05, 0) is 0 Å². The zero-order valence-corrected chi connectivity index (χ0v) is 7.75. The summed E-state index contributed by atoms with van der Waals surface area (Å²) in [5.41, 5.74) is 0. The summed E-state index contributed by atoms with van der Waals surface area (Å²) < 4.78 is 0. The average molecular weight is 208 g/mol. The molecule has 0 amide bonds. The molecule has 0 atom stereocenters. The van der Waals surface area contributed by atoms with Crippen LogP contribution in [0.2, 0.25) is 0 Å². The minimum Gasteiger partial charge on any atom is -0.428 e. The first-order valence-electron chi connectivity index (χ1n) is 2.45. The Bertz CT molecular complexity index is 22.5. The van der Waals surface area contributed by atoms with Crippen molar-refractivity contribution in [2.24, 2.45) is 0 Å². The van der Waals surface area contributed by atoms with Crippen molar-refractivity contribution < 1.29 is 32.4 Å². The van der Waals surface area contributed by atoms with E-state index in [-0.39, 0.29) is 43.0 Å². The van der Waals surface area contributed by atoms with E-state index in [1.807, 2.05) is 0 Å². The van der Waals surface area contributed by atoms with Gasteiger partial charge in [-0.15, -0.1) is 0 Å². The number of aliphatic hydroxyl groups excluding tert-OH is 3. The van der Waals surface area contributed by atoms with E-state index in [1.54, 1.807) is 0 Å². The van der Waals surface area contributed by atoms with Gasteiger partial charge in [0.05, 0.1) is 0 Å². The van der Waals surface area contributed by atoms with Crippen molar-refractivity contribution in [2.45, 2.75) is 0 Å². The third-order valence-electron chi connectivity index (χ3n) is 0. The van der Waals surface area contributed by atoms with Gasteiger partial charge in [-0.1, -0.05) is 19.8 Å². The Balaban J connectivity index is -0.0000000150. The van der Waals surface area contributed by atoms with Gasteiger partial charge in [-0.3, -0.25) is 0 Å². The van der Waals surface area contributed by atoms with Gasteiger partial charge in [0, 0.05) is 0 Å². The van der Waals surface area contributed by atoms with Crippen LogP contribution >= 0.6 is 0 Å². The Morgan fingerprint density at radius 2 is 0.727 bits per heavy atom. The van der Waals surface area contributed by atoms with E-state index in [2.05, 4.69) is 20.8 Å². The SMILES string of the molecule is N.[CH2-]CO.[CH2-]CO.[CH2-]CO.[Fe+3]. The molecule has 0 unspecified atom stereocenters. The zero-order valence-electron chi connectivity index (χ0n) is 6.64. The van der Waals surface area contributed by atoms with Gasteiger partial charge in [0.15, 0.2) is 0 Å². The first kappa shape index (κ1) is 30.1. The van der Waals surface area contributed by atoms with E-state index in [1.165, 1.54) is 0 Å². The molecule has 0 aromatic carbocycles. The van der Waals surface area contributed by atoms with Gasteiger partial charge in [-0.25, -0.2) is 0 Å². The van der Waals surface area contributed by atoms with E-state index in [4.69, 9.17) is 15.3 Å². The molecule has 0 aliphatic carbocycles. The maximum atomic E-state index is 7.46. The molecule has 0 spiro atoms. The standard InChI is InChI=1S/3C2H5O.Fe.H3N/c3*1-2-3;;/h3*3H,1-2H2;;1H3/q3*-1;+3;. The van der Waals surface area contributed by atoms with Gasteiger partial charge >= 0.3 is 17.1 Å². The van der Waals surface area contributed by atoms with E-state index < -0.39 is 0 Å². The summed E-state index contributed by atoms with van der Waals surface area (Å²) in [5.74, 6) is 0. The van der Waals surface area contributed by atoms with Gasteiger partial charge in [0.2, 0.25) is 0 Å². The minimum atomic E-state index is 0. The Kier molecular flexibility index (Phi) is 220. The molecule has 11 heavy (non-hydrogen) atoms. The number of hydrogen-bond acceptors (Lipinski definition) is 4. The van der Waals surface area contributed by atoms with Gasteiger partial charge in [-0.2, -0.15) is 0 Å². The smallest absolute Gasteiger partial charge is 0.428 e. The maximum Gasteiger partial charge on any atom is 3.00 e. The van der Waals surface area contributed by atoms with Crippen molar-refractivity contribution in [1.29, 1.82) is 0 Å². The van der Waals surface area contributed by atoms with Crippen LogP contribution in [0.1, 0.15) is 0 Å². The molecular formula is C6H18FeNO3. The zero-order chi connectivity index (χ0) is 8.12. The summed E-state index contributed by atoms with van der Waals surface area (Å²) in [5, 5.41) is 22.4. The van der Waals surface area contributed by atoms with Crippen molar-refractivity contribution in [3.05, 3.63) is 20.8 Å². The molecule has 0 heterocycles. The fourth-order valence-corrected chi connectivity index (χ4v) is 0. The molecule has 5 heteroatoms. The molecule has 0 aromatic heterocycles.